The number of fused-ring (bicyclic) bond motifs is 1. The number of phenolic OH excluding ortho intramolecular Hbond substituents is 1. The van der Waals surface area contributed by atoms with Gasteiger partial charge in [0, 0.05) is 11.6 Å². The Labute approximate surface area is 80.8 Å². The second kappa shape index (κ2) is 3.23. The molecule has 1 aromatic heterocycles. The van der Waals surface area contributed by atoms with E-state index in [0.29, 0.717) is 5.88 Å². The molecule has 0 aliphatic carbocycles. The van der Waals surface area contributed by atoms with Crippen LogP contribution in [-0.2, 0) is 5.88 Å². The SMILES string of the molecule is Oc1ccc2ccnc(CCl)c2c1. The van der Waals surface area contributed by atoms with Gasteiger partial charge in [-0.05, 0) is 23.6 Å². The van der Waals surface area contributed by atoms with Gasteiger partial charge in [0.15, 0.2) is 0 Å². The zero-order chi connectivity index (χ0) is 9.26. The molecule has 0 saturated heterocycles. The molecule has 2 aromatic rings. The van der Waals surface area contributed by atoms with E-state index >= 15 is 0 Å². The van der Waals surface area contributed by atoms with Gasteiger partial charge in [-0.25, -0.2) is 0 Å². The molecular formula is C10H8ClNO. The van der Waals surface area contributed by atoms with Gasteiger partial charge in [-0.3, -0.25) is 4.98 Å². The van der Waals surface area contributed by atoms with Crippen molar-refractivity contribution in [1.82, 2.24) is 4.98 Å². The molecule has 66 valence electrons. The number of aromatic hydroxyl groups is 1. The molecule has 1 aromatic carbocycles. The maximum absolute atomic E-state index is 9.28. The van der Waals surface area contributed by atoms with Gasteiger partial charge in [0.2, 0.25) is 0 Å². The molecule has 0 fully saturated rings. The van der Waals surface area contributed by atoms with Crippen molar-refractivity contribution in [2.75, 3.05) is 0 Å². The summed E-state index contributed by atoms with van der Waals surface area (Å²) in [6, 6.07) is 7.08. The lowest BCUT2D eigenvalue weighted by molar-refractivity contribution is 0.476. The standard InChI is InChI=1S/C10H8ClNO/c11-6-10-9-5-8(13)2-1-7(9)3-4-12-10/h1-5,13H,6H2. The fourth-order valence-electron chi connectivity index (χ4n) is 1.32. The molecule has 2 rings (SSSR count). The summed E-state index contributed by atoms with van der Waals surface area (Å²) in [7, 11) is 0. The third-order valence-electron chi connectivity index (χ3n) is 1.96. The van der Waals surface area contributed by atoms with Gasteiger partial charge in [-0.15, -0.1) is 11.6 Å². The molecule has 0 bridgehead atoms. The molecule has 3 heteroatoms. The molecule has 0 atom stereocenters. The summed E-state index contributed by atoms with van der Waals surface area (Å²) >= 11 is 5.71. The number of alkyl halides is 1. The Morgan fingerprint density at radius 2 is 2.15 bits per heavy atom. The van der Waals surface area contributed by atoms with Crippen LogP contribution in [0.15, 0.2) is 30.5 Å². The first-order chi connectivity index (χ1) is 6.31. The fraction of sp³-hybridized carbons (Fsp3) is 0.100. The molecule has 0 saturated carbocycles. The smallest absolute Gasteiger partial charge is 0.116 e. The Morgan fingerprint density at radius 3 is 2.92 bits per heavy atom. The molecule has 0 unspecified atom stereocenters. The number of benzene rings is 1. The van der Waals surface area contributed by atoms with E-state index in [2.05, 4.69) is 4.98 Å². The molecule has 0 radical (unpaired) electrons. The molecule has 0 spiro atoms. The monoisotopic (exact) mass is 193 g/mol. The van der Waals surface area contributed by atoms with E-state index in [9.17, 15) is 5.11 Å². The maximum Gasteiger partial charge on any atom is 0.116 e. The maximum atomic E-state index is 9.28. The third-order valence-corrected chi connectivity index (χ3v) is 2.21. The predicted octanol–water partition coefficient (Wildman–Crippen LogP) is 2.68. The quantitative estimate of drug-likeness (QED) is 0.707. The van der Waals surface area contributed by atoms with Gasteiger partial charge in [-0.2, -0.15) is 0 Å². The molecule has 0 aliphatic heterocycles. The highest BCUT2D eigenvalue weighted by molar-refractivity contribution is 6.17. The number of aromatic nitrogens is 1. The van der Waals surface area contributed by atoms with Crippen molar-refractivity contribution in [1.29, 1.82) is 0 Å². The summed E-state index contributed by atoms with van der Waals surface area (Å²) in [5, 5.41) is 11.2. The average Bonchev–Trinajstić information content (AvgIpc) is 2.17. The highest BCUT2D eigenvalue weighted by atomic mass is 35.5. The Balaban J connectivity index is 2.79. The second-order valence-corrected chi connectivity index (χ2v) is 3.06. The van der Waals surface area contributed by atoms with Crippen LogP contribution in [0.3, 0.4) is 0 Å². The average molecular weight is 194 g/mol. The van der Waals surface area contributed by atoms with Crippen LogP contribution in [0.2, 0.25) is 0 Å². The molecular weight excluding hydrogens is 186 g/mol. The Bertz CT molecular complexity index is 442. The number of hydrogen-bond donors (Lipinski definition) is 1. The van der Waals surface area contributed by atoms with Gasteiger partial charge in [0.1, 0.15) is 5.75 Å². The van der Waals surface area contributed by atoms with Gasteiger partial charge >= 0.3 is 0 Å². The van der Waals surface area contributed by atoms with E-state index in [1.165, 1.54) is 0 Å². The Kier molecular flexibility index (Phi) is 2.07. The number of rotatable bonds is 1. The van der Waals surface area contributed by atoms with Crippen LogP contribution in [0.4, 0.5) is 0 Å². The minimum absolute atomic E-state index is 0.242. The van der Waals surface area contributed by atoms with Crippen LogP contribution in [-0.4, -0.2) is 10.1 Å². The highest BCUT2D eigenvalue weighted by Gasteiger charge is 2.01. The fourth-order valence-corrected chi connectivity index (χ4v) is 1.54. The largest absolute Gasteiger partial charge is 0.508 e. The third kappa shape index (κ3) is 1.45. The number of halogens is 1. The summed E-state index contributed by atoms with van der Waals surface area (Å²) < 4.78 is 0. The summed E-state index contributed by atoms with van der Waals surface area (Å²) in [5.74, 6) is 0.604. The number of pyridine rings is 1. The zero-order valence-electron chi connectivity index (χ0n) is 6.87. The predicted molar refractivity (Wildman–Crippen MR) is 53.0 cm³/mol. The van der Waals surface area contributed by atoms with Crippen molar-refractivity contribution >= 4 is 22.4 Å². The van der Waals surface area contributed by atoms with Gasteiger partial charge < -0.3 is 5.11 Å². The molecule has 13 heavy (non-hydrogen) atoms. The summed E-state index contributed by atoms with van der Waals surface area (Å²) in [6.45, 7) is 0. The van der Waals surface area contributed by atoms with Crippen LogP contribution >= 0.6 is 11.6 Å². The van der Waals surface area contributed by atoms with E-state index in [1.807, 2.05) is 12.1 Å². The van der Waals surface area contributed by atoms with Crippen molar-refractivity contribution < 1.29 is 5.11 Å². The van der Waals surface area contributed by atoms with Crippen LogP contribution in [0.5, 0.6) is 5.75 Å². The van der Waals surface area contributed by atoms with E-state index < -0.39 is 0 Å². The summed E-state index contributed by atoms with van der Waals surface area (Å²) in [5.41, 5.74) is 0.801. The lowest BCUT2D eigenvalue weighted by Gasteiger charge is -2.02. The number of nitrogens with zero attached hydrogens (tertiary/aromatic N) is 1. The lowest BCUT2D eigenvalue weighted by Crippen LogP contribution is -1.86. The normalized spacial score (nSPS) is 10.5. The zero-order valence-corrected chi connectivity index (χ0v) is 7.62. The van der Waals surface area contributed by atoms with Gasteiger partial charge in [-0.1, -0.05) is 6.07 Å². The first kappa shape index (κ1) is 8.32. The molecule has 1 N–H and O–H groups in total. The molecule has 0 aliphatic rings. The number of hydrogen-bond acceptors (Lipinski definition) is 2. The minimum atomic E-state index is 0.242. The van der Waals surface area contributed by atoms with Crippen molar-refractivity contribution in [2.45, 2.75) is 5.88 Å². The van der Waals surface area contributed by atoms with E-state index in [4.69, 9.17) is 11.6 Å². The molecule has 0 amide bonds. The summed E-state index contributed by atoms with van der Waals surface area (Å²) in [4.78, 5) is 4.12. The van der Waals surface area contributed by atoms with E-state index in [1.54, 1.807) is 18.3 Å². The molecule has 2 nitrogen and oxygen atoms in total. The second-order valence-electron chi connectivity index (χ2n) is 2.80. The number of phenols is 1. The van der Waals surface area contributed by atoms with Gasteiger partial charge in [0.05, 0.1) is 11.6 Å². The van der Waals surface area contributed by atoms with E-state index in [-0.39, 0.29) is 5.75 Å². The van der Waals surface area contributed by atoms with Gasteiger partial charge in [0.25, 0.3) is 0 Å². The van der Waals surface area contributed by atoms with Crippen LogP contribution in [0.25, 0.3) is 10.8 Å². The first-order valence-corrected chi connectivity index (χ1v) is 4.47. The summed E-state index contributed by atoms with van der Waals surface area (Å²) in [6.07, 6.45) is 1.72. The van der Waals surface area contributed by atoms with Crippen LogP contribution in [0, 0.1) is 0 Å². The molecule has 1 heterocycles. The van der Waals surface area contributed by atoms with Crippen molar-refractivity contribution in [3.8, 4) is 5.75 Å². The minimum Gasteiger partial charge on any atom is -0.508 e. The van der Waals surface area contributed by atoms with E-state index in [0.717, 1.165) is 16.5 Å². The lowest BCUT2D eigenvalue weighted by atomic mass is 10.1. The van der Waals surface area contributed by atoms with Crippen LogP contribution in [0.1, 0.15) is 5.69 Å². The van der Waals surface area contributed by atoms with Crippen molar-refractivity contribution in [2.24, 2.45) is 0 Å². The first-order valence-electron chi connectivity index (χ1n) is 3.94. The van der Waals surface area contributed by atoms with Crippen molar-refractivity contribution in [3.05, 3.63) is 36.2 Å². The highest BCUT2D eigenvalue weighted by Crippen LogP contribution is 2.22. The van der Waals surface area contributed by atoms with Crippen LogP contribution < -0.4 is 0 Å². The Hall–Kier alpha value is -1.28. The van der Waals surface area contributed by atoms with Crippen molar-refractivity contribution in [3.63, 3.8) is 0 Å². The topological polar surface area (TPSA) is 33.1 Å². The Morgan fingerprint density at radius 1 is 1.31 bits per heavy atom.